The molecule has 1 atom stereocenters. The summed E-state index contributed by atoms with van der Waals surface area (Å²) in [4.78, 5) is 30.2. The highest BCUT2D eigenvalue weighted by atomic mass is 32.1. The molecule has 7 nitrogen and oxygen atoms in total. The molecule has 3 N–H and O–H groups in total. The fourth-order valence-electron chi connectivity index (χ4n) is 1.44. The van der Waals surface area contributed by atoms with Crippen LogP contribution in [0.15, 0.2) is 17.8 Å². The summed E-state index contributed by atoms with van der Waals surface area (Å²) in [6.45, 7) is 0. The van der Waals surface area contributed by atoms with Gasteiger partial charge in [-0.2, -0.15) is 0 Å². The van der Waals surface area contributed by atoms with Crippen molar-refractivity contribution in [1.82, 2.24) is 9.97 Å². The van der Waals surface area contributed by atoms with Crippen molar-refractivity contribution in [2.75, 3.05) is 5.32 Å². The Hall–Kier alpha value is -2.22. The van der Waals surface area contributed by atoms with Crippen LogP contribution < -0.4 is 5.32 Å². The minimum Gasteiger partial charge on any atom is -0.481 e. The maximum absolute atomic E-state index is 10.9. The molecule has 8 heteroatoms. The van der Waals surface area contributed by atoms with E-state index < -0.39 is 24.4 Å². The van der Waals surface area contributed by atoms with Crippen LogP contribution >= 0.6 is 11.3 Å². The van der Waals surface area contributed by atoms with Crippen LogP contribution in [-0.4, -0.2) is 38.2 Å². The van der Waals surface area contributed by atoms with Crippen molar-refractivity contribution in [2.45, 2.75) is 12.5 Å². The van der Waals surface area contributed by atoms with E-state index in [9.17, 15) is 9.59 Å². The first-order chi connectivity index (χ1) is 8.58. The number of fused-ring (bicyclic) bond motifs is 1. The molecule has 0 spiro atoms. The van der Waals surface area contributed by atoms with Crippen molar-refractivity contribution in [1.29, 1.82) is 0 Å². The average molecular weight is 267 g/mol. The third-order valence-electron chi connectivity index (χ3n) is 2.25. The Balaban J connectivity index is 2.28. The number of rotatable bonds is 5. The SMILES string of the molecule is O=C(O)CC(Nc1ncnc2sccc12)C(=O)O. The van der Waals surface area contributed by atoms with Crippen LogP contribution in [0.4, 0.5) is 5.82 Å². The zero-order valence-corrected chi connectivity index (χ0v) is 9.85. The summed E-state index contributed by atoms with van der Waals surface area (Å²) in [6, 6.07) is 0.530. The number of hydrogen-bond donors (Lipinski definition) is 3. The van der Waals surface area contributed by atoms with Gasteiger partial charge in [-0.25, -0.2) is 14.8 Å². The Morgan fingerprint density at radius 1 is 1.39 bits per heavy atom. The molecule has 18 heavy (non-hydrogen) atoms. The van der Waals surface area contributed by atoms with Crippen LogP contribution in [0.1, 0.15) is 6.42 Å². The van der Waals surface area contributed by atoms with Gasteiger partial charge in [-0.1, -0.05) is 0 Å². The highest BCUT2D eigenvalue weighted by Crippen LogP contribution is 2.24. The lowest BCUT2D eigenvalue weighted by Gasteiger charge is -2.13. The summed E-state index contributed by atoms with van der Waals surface area (Å²) in [5.41, 5.74) is 0. The van der Waals surface area contributed by atoms with Gasteiger partial charge in [-0.15, -0.1) is 11.3 Å². The lowest BCUT2D eigenvalue weighted by molar-refractivity contribution is -0.144. The molecule has 0 saturated heterocycles. The summed E-state index contributed by atoms with van der Waals surface area (Å²) in [6.07, 6.45) is 0.784. The Bertz CT molecular complexity index is 598. The first-order valence-corrected chi connectivity index (χ1v) is 5.85. The monoisotopic (exact) mass is 267 g/mol. The van der Waals surface area contributed by atoms with Crippen LogP contribution in [0, 0.1) is 0 Å². The molecule has 0 aliphatic carbocycles. The maximum atomic E-state index is 10.9. The zero-order chi connectivity index (χ0) is 13.1. The van der Waals surface area contributed by atoms with Crippen molar-refractivity contribution >= 4 is 39.3 Å². The van der Waals surface area contributed by atoms with Gasteiger partial charge < -0.3 is 15.5 Å². The summed E-state index contributed by atoms with van der Waals surface area (Å²) in [7, 11) is 0. The number of anilines is 1. The summed E-state index contributed by atoms with van der Waals surface area (Å²) >= 11 is 1.40. The topological polar surface area (TPSA) is 112 Å². The molecule has 0 aliphatic rings. The Morgan fingerprint density at radius 3 is 2.83 bits per heavy atom. The van der Waals surface area contributed by atoms with E-state index in [0.717, 1.165) is 0 Å². The van der Waals surface area contributed by atoms with Crippen molar-refractivity contribution in [3.63, 3.8) is 0 Å². The number of thiophene rings is 1. The van der Waals surface area contributed by atoms with Crippen LogP contribution in [0.5, 0.6) is 0 Å². The smallest absolute Gasteiger partial charge is 0.326 e. The lowest BCUT2D eigenvalue weighted by Crippen LogP contribution is -2.32. The van der Waals surface area contributed by atoms with Gasteiger partial charge in [0.2, 0.25) is 0 Å². The number of carbonyl (C=O) groups is 2. The molecular formula is C10H9N3O4S. The van der Waals surface area contributed by atoms with Crippen molar-refractivity contribution in [2.24, 2.45) is 0 Å². The summed E-state index contributed by atoms with van der Waals surface area (Å²) < 4.78 is 0. The highest BCUT2D eigenvalue weighted by molar-refractivity contribution is 7.16. The quantitative estimate of drug-likeness (QED) is 0.741. The van der Waals surface area contributed by atoms with E-state index in [1.165, 1.54) is 17.7 Å². The van der Waals surface area contributed by atoms with E-state index in [0.29, 0.717) is 16.0 Å². The molecule has 0 amide bonds. The predicted octanol–water partition coefficient (Wildman–Crippen LogP) is 1.03. The Labute approximate surface area is 105 Å². The van der Waals surface area contributed by atoms with Crippen molar-refractivity contribution in [3.05, 3.63) is 17.8 Å². The standard InChI is InChI=1S/C10H9N3O4S/c14-7(15)3-6(10(16)17)13-8-5-1-2-18-9(5)12-4-11-8/h1-2,4,6H,3H2,(H,14,15)(H,16,17)(H,11,12,13). The molecule has 2 aromatic rings. The molecule has 0 radical (unpaired) electrons. The number of hydrogen-bond acceptors (Lipinski definition) is 6. The van der Waals surface area contributed by atoms with Crippen molar-refractivity contribution in [3.8, 4) is 0 Å². The molecule has 94 valence electrons. The van der Waals surface area contributed by atoms with E-state index in [-0.39, 0.29) is 0 Å². The maximum Gasteiger partial charge on any atom is 0.326 e. The van der Waals surface area contributed by atoms with E-state index in [1.54, 1.807) is 11.4 Å². The second kappa shape index (κ2) is 4.96. The van der Waals surface area contributed by atoms with Crippen LogP contribution in [0.3, 0.4) is 0 Å². The fourth-order valence-corrected chi connectivity index (χ4v) is 2.18. The molecule has 2 heterocycles. The average Bonchev–Trinajstić information content (AvgIpc) is 2.76. The van der Waals surface area contributed by atoms with E-state index >= 15 is 0 Å². The first-order valence-electron chi connectivity index (χ1n) is 4.97. The van der Waals surface area contributed by atoms with Crippen molar-refractivity contribution < 1.29 is 19.8 Å². The number of nitrogens with zero attached hydrogens (tertiary/aromatic N) is 2. The number of nitrogens with one attached hydrogen (secondary N) is 1. The van der Waals surface area contributed by atoms with E-state index in [1.807, 2.05) is 0 Å². The molecule has 0 aliphatic heterocycles. The molecule has 2 rings (SSSR count). The third-order valence-corrected chi connectivity index (χ3v) is 3.07. The first kappa shape index (κ1) is 12.2. The highest BCUT2D eigenvalue weighted by Gasteiger charge is 2.22. The molecule has 0 fully saturated rings. The fraction of sp³-hybridized carbons (Fsp3) is 0.200. The van der Waals surface area contributed by atoms with Gasteiger partial charge in [0.15, 0.2) is 0 Å². The Kier molecular flexibility index (Phi) is 3.38. The largest absolute Gasteiger partial charge is 0.481 e. The number of aromatic nitrogens is 2. The lowest BCUT2D eigenvalue weighted by atomic mass is 10.2. The van der Waals surface area contributed by atoms with Crippen LogP contribution in [-0.2, 0) is 9.59 Å². The number of aliphatic carboxylic acids is 2. The molecule has 1 unspecified atom stereocenters. The normalized spacial score (nSPS) is 12.2. The molecule has 0 saturated carbocycles. The molecule has 0 bridgehead atoms. The Morgan fingerprint density at radius 2 is 2.17 bits per heavy atom. The predicted molar refractivity (Wildman–Crippen MR) is 64.7 cm³/mol. The van der Waals surface area contributed by atoms with Gasteiger partial charge in [0.25, 0.3) is 0 Å². The van der Waals surface area contributed by atoms with E-state index in [4.69, 9.17) is 10.2 Å². The van der Waals surface area contributed by atoms with Crippen LogP contribution in [0.25, 0.3) is 10.2 Å². The van der Waals surface area contributed by atoms with Gasteiger partial charge in [0, 0.05) is 0 Å². The van der Waals surface area contributed by atoms with Gasteiger partial charge in [-0.05, 0) is 11.4 Å². The number of carboxylic acid groups (broad SMARTS) is 2. The third kappa shape index (κ3) is 2.54. The molecular weight excluding hydrogens is 258 g/mol. The van der Waals surface area contributed by atoms with Gasteiger partial charge in [0.1, 0.15) is 23.0 Å². The minimum absolute atomic E-state index is 0.329. The summed E-state index contributed by atoms with van der Waals surface area (Å²) in [5.74, 6) is -2.10. The second-order valence-corrected chi connectivity index (χ2v) is 4.39. The van der Waals surface area contributed by atoms with Gasteiger partial charge >= 0.3 is 11.9 Å². The molecule has 2 aromatic heterocycles. The van der Waals surface area contributed by atoms with Gasteiger partial charge in [-0.3, -0.25) is 4.79 Å². The van der Waals surface area contributed by atoms with Crippen LogP contribution in [0.2, 0.25) is 0 Å². The van der Waals surface area contributed by atoms with E-state index in [2.05, 4.69) is 15.3 Å². The molecule has 0 aromatic carbocycles. The zero-order valence-electron chi connectivity index (χ0n) is 9.03. The van der Waals surface area contributed by atoms with Gasteiger partial charge in [0.05, 0.1) is 11.8 Å². The summed E-state index contributed by atoms with van der Waals surface area (Å²) in [5, 5.41) is 22.7. The number of carboxylic acids is 2. The second-order valence-electron chi connectivity index (χ2n) is 3.49. The minimum atomic E-state index is -1.24.